The van der Waals surface area contributed by atoms with E-state index in [1.165, 1.54) is 12.0 Å². The highest BCUT2D eigenvalue weighted by atomic mass is 32.2. The van der Waals surface area contributed by atoms with Crippen molar-refractivity contribution in [2.75, 3.05) is 13.7 Å². The Morgan fingerprint density at radius 3 is 2.63 bits per heavy atom. The van der Waals surface area contributed by atoms with Crippen LogP contribution in [0, 0.1) is 12.3 Å². The maximum atomic E-state index is 12.6. The van der Waals surface area contributed by atoms with Crippen LogP contribution in [-0.4, -0.2) is 29.8 Å². The molecule has 1 heterocycles. The average molecular weight is 379 g/mol. The highest BCUT2D eigenvalue weighted by molar-refractivity contribution is 8.18. The number of benzene rings is 2. The van der Waals surface area contributed by atoms with Gasteiger partial charge in [0, 0.05) is 0 Å². The number of nitrogens with zero attached hydrogens (tertiary/aromatic N) is 1. The zero-order valence-electron chi connectivity index (χ0n) is 14.7. The number of rotatable bonds is 6. The highest BCUT2D eigenvalue weighted by Crippen LogP contribution is 2.35. The summed E-state index contributed by atoms with van der Waals surface area (Å²) in [7, 11) is 1.52. The molecular weight excluding hydrogens is 362 g/mol. The average Bonchev–Trinajstić information content (AvgIpc) is 2.95. The number of terminal acetylenes is 1. The molecule has 6 heteroatoms. The third-order valence-corrected chi connectivity index (χ3v) is 4.76. The molecule has 0 bridgehead atoms. The number of amides is 2. The molecule has 1 fully saturated rings. The molecule has 2 amide bonds. The molecule has 0 N–H and O–H groups in total. The van der Waals surface area contributed by atoms with Gasteiger partial charge in [-0.05, 0) is 41.1 Å². The van der Waals surface area contributed by atoms with Gasteiger partial charge in [0.2, 0.25) is 0 Å². The molecule has 3 rings (SSSR count). The Morgan fingerprint density at radius 1 is 1.15 bits per heavy atom. The molecule has 0 saturated carbocycles. The lowest BCUT2D eigenvalue weighted by atomic mass is 10.1. The molecule has 1 aliphatic heterocycles. The van der Waals surface area contributed by atoms with Crippen LogP contribution < -0.4 is 9.47 Å². The Kier molecular flexibility index (Phi) is 5.84. The van der Waals surface area contributed by atoms with Gasteiger partial charge in [-0.15, -0.1) is 6.42 Å². The van der Waals surface area contributed by atoms with Crippen molar-refractivity contribution >= 4 is 29.0 Å². The van der Waals surface area contributed by atoms with E-state index in [-0.39, 0.29) is 24.3 Å². The van der Waals surface area contributed by atoms with E-state index in [1.807, 2.05) is 30.3 Å². The molecule has 0 atom stereocenters. The van der Waals surface area contributed by atoms with Crippen LogP contribution in [0.5, 0.6) is 11.5 Å². The summed E-state index contributed by atoms with van der Waals surface area (Å²) in [4.78, 5) is 26.5. The summed E-state index contributed by atoms with van der Waals surface area (Å²) < 4.78 is 10.7. The number of carbonyl (C=O) groups excluding carboxylic acids is 2. The largest absolute Gasteiger partial charge is 0.493 e. The van der Waals surface area contributed by atoms with Crippen molar-refractivity contribution < 1.29 is 19.1 Å². The number of hydrogen-bond donors (Lipinski definition) is 0. The van der Waals surface area contributed by atoms with Crippen LogP contribution in [0.3, 0.4) is 0 Å². The van der Waals surface area contributed by atoms with Crippen molar-refractivity contribution in [2.24, 2.45) is 0 Å². The lowest BCUT2D eigenvalue weighted by Gasteiger charge is -2.12. The van der Waals surface area contributed by atoms with Crippen molar-refractivity contribution in [3.63, 3.8) is 0 Å². The van der Waals surface area contributed by atoms with Gasteiger partial charge in [-0.2, -0.15) is 0 Å². The summed E-state index contributed by atoms with van der Waals surface area (Å²) in [6, 6.07) is 14.6. The van der Waals surface area contributed by atoms with Crippen molar-refractivity contribution in [3.05, 3.63) is 64.6 Å². The van der Waals surface area contributed by atoms with Gasteiger partial charge in [-0.25, -0.2) is 0 Å². The maximum Gasteiger partial charge on any atom is 0.293 e. The maximum absolute atomic E-state index is 12.6. The third kappa shape index (κ3) is 4.33. The molecular formula is C21H17NO4S. The fraction of sp³-hybridized carbons (Fsp3) is 0.143. The van der Waals surface area contributed by atoms with E-state index in [1.54, 1.807) is 24.3 Å². The van der Waals surface area contributed by atoms with E-state index in [0.717, 1.165) is 22.9 Å². The van der Waals surface area contributed by atoms with Crippen LogP contribution in [0.25, 0.3) is 6.08 Å². The molecule has 0 aromatic heterocycles. The van der Waals surface area contributed by atoms with E-state index >= 15 is 0 Å². The minimum absolute atomic E-state index is 0.133. The number of imide groups is 1. The van der Waals surface area contributed by atoms with Crippen LogP contribution in [-0.2, 0) is 11.3 Å². The minimum atomic E-state index is -0.305. The molecule has 5 nitrogen and oxygen atoms in total. The Bertz CT molecular complexity index is 931. The summed E-state index contributed by atoms with van der Waals surface area (Å²) in [5.41, 5.74) is 1.63. The molecule has 1 saturated heterocycles. The zero-order valence-corrected chi connectivity index (χ0v) is 15.5. The Balaban J connectivity index is 1.80. The Labute approximate surface area is 162 Å². The first-order valence-corrected chi connectivity index (χ1v) is 8.97. The summed E-state index contributed by atoms with van der Waals surface area (Å²) in [6.07, 6.45) is 6.87. The van der Waals surface area contributed by atoms with Gasteiger partial charge in [0.25, 0.3) is 11.1 Å². The molecule has 1 aliphatic rings. The van der Waals surface area contributed by atoms with Gasteiger partial charge in [0.1, 0.15) is 6.61 Å². The minimum Gasteiger partial charge on any atom is -0.493 e. The molecule has 0 unspecified atom stereocenters. The number of thioether (sulfide) groups is 1. The second-order valence-corrected chi connectivity index (χ2v) is 6.65. The smallest absolute Gasteiger partial charge is 0.293 e. The van der Waals surface area contributed by atoms with Gasteiger partial charge in [-0.1, -0.05) is 42.3 Å². The number of ether oxygens (including phenoxy) is 2. The Hall–Kier alpha value is -3.17. The monoisotopic (exact) mass is 379 g/mol. The summed E-state index contributed by atoms with van der Waals surface area (Å²) >= 11 is 0.927. The SMILES string of the molecule is C#CCOc1ccc(/C=C2/SC(=O)N(Cc3ccccc3)C2=O)cc1OC. The van der Waals surface area contributed by atoms with E-state index in [9.17, 15) is 9.59 Å². The van der Waals surface area contributed by atoms with Gasteiger partial charge in [0.15, 0.2) is 11.5 Å². The third-order valence-electron chi connectivity index (χ3n) is 3.85. The van der Waals surface area contributed by atoms with Gasteiger partial charge >= 0.3 is 0 Å². The summed E-state index contributed by atoms with van der Waals surface area (Å²) in [5.74, 6) is 3.11. The molecule has 2 aromatic carbocycles. The lowest BCUT2D eigenvalue weighted by molar-refractivity contribution is -0.123. The normalized spacial score (nSPS) is 15.1. The number of methoxy groups -OCH3 is 1. The van der Waals surface area contributed by atoms with E-state index in [0.29, 0.717) is 16.4 Å². The second-order valence-electron chi connectivity index (χ2n) is 5.66. The van der Waals surface area contributed by atoms with Crippen LogP contribution >= 0.6 is 11.8 Å². The lowest BCUT2D eigenvalue weighted by Crippen LogP contribution is -2.27. The van der Waals surface area contributed by atoms with Crippen LogP contribution in [0.2, 0.25) is 0 Å². The first kappa shape index (κ1) is 18.6. The van der Waals surface area contributed by atoms with Crippen molar-refractivity contribution in [3.8, 4) is 23.8 Å². The van der Waals surface area contributed by atoms with E-state index in [2.05, 4.69) is 5.92 Å². The molecule has 2 aromatic rings. The Morgan fingerprint density at radius 2 is 1.93 bits per heavy atom. The second kappa shape index (κ2) is 8.47. The summed E-state index contributed by atoms with van der Waals surface area (Å²) in [6.45, 7) is 0.388. The molecule has 27 heavy (non-hydrogen) atoms. The molecule has 0 aliphatic carbocycles. The predicted octanol–water partition coefficient (Wildman–Crippen LogP) is 3.94. The number of carbonyl (C=O) groups is 2. The molecule has 136 valence electrons. The molecule has 0 radical (unpaired) electrons. The van der Waals surface area contributed by atoms with E-state index in [4.69, 9.17) is 15.9 Å². The van der Waals surface area contributed by atoms with Gasteiger partial charge in [-0.3, -0.25) is 14.5 Å². The highest BCUT2D eigenvalue weighted by Gasteiger charge is 2.34. The summed E-state index contributed by atoms with van der Waals surface area (Å²) in [5, 5.41) is -0.281. The molecule has 0 spiro atoms. The number of hydrogen-bond acceptors (Lipinski definition) is 5. The van der Waals surface area contributed by atoms with Crippen LogP contribution in [0.15, 0.2) is 53.4 Å². The topological polar surface area (TPSA) is 55.8 Å². The predicted molar refractivity (Wildman–Crippen MR) is 105 cm³/mol. The fourth-order valence-electron chi connectivity index (χ4n) is 2.57. The zero-order chi connectivity index (χ0) is 19.2. The first-order chi connectivity index (χ1) is 13.1. The van der Waals surface area contributed by atoms with Crippen LogP contribution in [0.4, 0.5) is 4.79 Å². The van der Waals surface area contributed by atoms with Crippen molar-refractivity contribution in [2.45, 2.75) is 6.54 Å². The van der Waals surface area contributed by atoms with Crippen molar-refractivity contribution in [1.29, 1.82) is 0 Å². The fourth-order valence-corrected chi connectivity index (χ4v) is 3.40. The van der Waals surface area contributed by atoms with Gasteiger partial charge < -0.3 is 9.47 Å². The quantitative estimate of drug-likeness (QED) is 0.562. The standard InChI is InChI=1S/C21H17NO4S/c1-3-11-26-17-10-9-16(12-18(17)25-2)13-19-20(23)22(21(24)27-19)14-15-7-5-4-6-8-15/h1,4-10,12-13H,11,14H2,2H3/b19-13+. The van der Waals surface area contributed by atoms with E-state index < -0.39 is 0 Å². The van der Waals surface area contributed by atoms with Crippen molar-refractivity contribution in [1.82, 2.24) is 4.90 Å². The first-order valence-electron chi connectivity index (χ1n) is 8.16. The van der Waals surface area contributed by atoms with Crippen LogP contribution in [0.1, 0.15) is 11.1 Å². The van der Waals surface area contributed by atoms with Gasteiger partial charge in [0.05, 0.1) is 18.6 Å².